The molecule has 1 heterocycles. The number of carboxylic acid groups (broad SMARTS) is 1. The first-order valence-electron chi connectivity index (χ1n) is 5.23. The summed E-state index contributed by atoms with van der Waals surface area (Å²) in [6.45, 7) is 0. The lowest BCUT2D eigenvalue weighted by molar-refractivity contribution is 0.0698. The molecule has 1 aromatic heterocycles. The Hall–Kier alpha value is -2.35. The van der Waals surface area contributed by atoms with E-state index in [0.717, 1.165) is 12.5 Å². The van der Waals surface area contributed by atoms with Gasteiger partial charge in [-0.1, -0.05) is 18.2 Å². The number of hydrogen-bond donors (Lipinski definition) is 2. The molecule has 0 amide bonds. The third kappa shape index (κ3) is 2.91. The molecule has 0 unspecified atom stereocenters. The lowest BCUT2D eigenvalue weighted by atomic mass is 10.3. The maximum Gasteiger partial charge on any atom is 0.341 e. The molecule has 0 saturated carbocycles. The van der Waals surface area contributed by atoms with Gasteiger partial charge in [0, 0.05) is 0 Å². The Balaban J connectivity index is 2.60. The van der Waals surface area contributed by atoms with E-state index in [2.05, 4.69) is 9.82 Å². The lowest BCUT2D eigenvalue weighted by Gasteiger charge is -2.09. The molecule has 0 spiro atoms. The van der Waals surface area contributed by atoms with Crippen molar-refractivity contribution >= 4 is 21.8 Å². The molecule has 0 aliphatic heterocycles. The highest BCUT2D eigenvalue weighted by atomic mass is 32.2. The second-order valence-corrected chi connectivity index (χ2v) is 5.58. The number of anilines is 1. The summed E-state index contributed by atoms with van der Waals surface area (Å²) in [4.78, 5) is 11.1. The summed E-state index contributed by atoms with van der Waals surface area (Å²) in [6, 6.07) is 8.64. The van der Waals surface area contributed by atoms with Crippen molar-refractivity contribution < 1.29 is 18.3 Å². The highest BCUT2D eigenvalue weighted by Gasteiger charge is 2.20. The van der Waals surface area contributed by atoms with Crippen molar-refractivity contribution in [2.75, 3.05) is 11.0 Å². The molecule has 2 N–H and O–H groups in total. The van der Waals surface area contributed by atoms with Crippen LogP contribution in [-0.4, -0.2) is 35.5 Å². The molecule has 1 aromatic carbocycles. The van der Waals surface area contributed by atoms with Crippen LogP contribution in [0.15, 0.2) is 36.5 Å². The summed E-state index contributed by atoms with van der Waals surface area (Å²) < 4.78 is 26.0. The Morgan fingerprint density at radius 3 is 2.47 bits per heavy atom. The molecule has 0 atom stereocenters. The minimum atomic E-state index is -3.61. The van der Waals surface area contributed by atoms with Gasteiger partial charge in [-0.05, 0) is 12.1 Å². The summed E-state index contributed by atoms with van der Waals surface area (Å²) in [5, 5.41) is 12.9. The largest absolute Gasteiger partial charge is 0.477 e. The van der Waals surface area contributed by atoms with Gasteiger partial charge in [0.15, 0.2) is 5.82 Å². The first-order valence-corrected chi connectivity index (χ1v) is 7.12. The van der Waals surface area contributed by atoms with Crippen LogP contribution in [0.25, 0.3) is 5.69 Å². The first kappa shape index (κ1) is 13.1. The van der Waals surface area contributed by atoms with Crippen molar-refractivity contribution in [2.45, 2.75) is 0 Å². The van der Waals surface area contributed by atoms with E-state index >= 15 is 0 Å². The van der Waals surface area contributed by atoms with E-state index in [1.54, 1.807) is 30.3 Å². The molecular weight excluding hydrogens is 270 g/mol. The van der Waals surface area contributed by atoms with E-state index in [4.69, 9.17) is 5.11 Å². The minimum absolute atomic E-state index is 0.0961. The average Bonchev–Trinajstić information content (AvgIpc) is 2.71. The molecule has 100 valence electrons. The predicted octanol–water partition coefficient (Wildman–Crippen LogP) is 0.942. The number of aromatic nitrogens is 2. The van der Waals surface area contributed by atoms with Crippen LogP contribution in [0.1, 0.15) is 10.4 Å². The lowest BCUT2D eigenvalue weighted by Crippen LogP contribution is -2.16. The third-order valence-electron chi connectivity index (χ3n) is 2.28. The van der Waals surface area contributed by atoms with Crippen LogP contribution < -0.4 is 4.72 Å². The summed E-state index contributed by atoms with van der Waals surface area (Å²) in [7, 11) is -3.61. The Morgan fingerprint density at radius 1 is 1.32 bits per heavy atom. The molecule has 19 heavy (non-hydrogen) atoms. The number of hydrogen-bond acceptors (Lipinski definition) is 4. The minimum Gasteiger partial charge on any atom is -0.477 e. The summed E-state index contributed by atoms with van der Waals surface area (Å²) >= 11 is 0. The fourth-order valence-electron chi connectivity index (χ4n) is 1.54. The molecule has 0 fully saturated rings. The number of aromatic carboxylic acids is 1. The SMILES string of the molecule is CS(=O)(=O)Nc1c(C(=O)O)cnn1-c1ccccc1. The van der Waals surface area contributed by atoms with E-state index in [9.17, 15) is 13.2 Å². The van der Waals surface area contributed by atoms with Gasteiger partial charge < -0.3 is 5.11 Å². The zero-order valence-corrected chi connectivity index (χ0v) is 10.8. The molecule has 7 nitrogen and oxygen atoms in total. The molecule has 0 radical (unpaired) electrons. The normalized spacial score (nSPS) is 11.2. The van der Waals surface area contributed by atoms with Crippen molar-refractivity contribution in [3.63, 3.8) is 0 Å². The number of para-hydroxylation sites is 1. The van der Waals surface area contributed by atoms with Crippen molar-refractivity contribution in [1.29, 1.82) is 0 Å². The molecule has 0 saturated heterocycles. The number of carboxylic acids is 1. The quantitative estimate of drug-likeness (QED) is 0.868. The van der Waals surface area contributed by atoms with Crippen molar-refractivity contribution in [2.24, 2.45) is 0 Å². The van der Waals surface area contributed by atoms with Crippen LogP contribution in [0.2, 0.25) is 0 Å². The second kappa shape index (κ2) is 4.73. The molecule has 2 rings (SSSR count). The van der Waals surface area contributed by atoms with E-state index in [1.807, 2.05) is 0 Å². The Labute approximate surface area is 109 Å². The molecule has 0 aliphatic rings. The van der Waals surface area contributed by atoms with Crippen molar-refractivity contribution in [3.05, 3.63) is 42.1 Å². The molecule has 0 bridgehead atoms. The summed E-state index contributed by atoms with van der Waals surface area (Å²) in [5.41, 5.74) is 0.343. The molecule has 8 heteroatoms. The molecule has 2 aromatic rings. The van der Waals surface area contributed by atoms with Gasteiger partial charge in [-0.2, -0.15) is 5.10 Å². The van der Waals surface area contributed by atoms with E-state index in [1.165, 1.54) is 4.68 Å². The zero-order valence-electron chi connectivity index (χ0n) is 9.94. The van der Waals surface area contributed by atoms with Gasteiger partial charge >= 0.3 is 5.97 Å². The van der Waals surface area contributed by atoms with E-state index in [0.29, 0.717) is 5.69 Å². The number of sulfonamides is 1. The van der Waals surface area contributed by atoms with E-state index < -0.39 is 16.0 Å². The van der Waals surface area contributed by atoms with Gasteiger partial charge in [-0.3, -0.25) is 4.72 Å². The maximum atomic E-state index is 11.3. The average molecular weight is 281 g/mol. The summed E-state index contributed by atoms with van der Waals surface area (Å²) in [6.07, 6.45) is 2.05. The maximum absolute atomic E-state index is 11.3. The number of nitrogens with zero attached hydrogens (tertiary/aromatic N) is 2. The first-order chi connectivity index (χ1) is 8.88. The molecule has 0 aliphatic carbocycles. The van der Waals surface area contributed by atoms with Gasteiger partial charge in [0.2, 0.25) is 10.0 Å². The monoisotopic (exact) mass is 281 g/mol. The molecular formula is C11H11N3O4S. The van der Waals surface area contributed by atoms with Gasteiger partial charge in [0.1, 0.15) is 5.56 Å². The smallest absolute Gasteiger partial charge is 0.341 e. The van der Waals surface area contributed by atoms with Crippen LogP contribution in [0, 0.1) is 0 Å². The number of benzene rings is 1. The van der Waals surface area contributed by atoms with Crippen molar-refractivity contribution in [1.82, 2.24) is 9.78 Å². The highest BCUT2D eigenvalue weighted by molar-refractivity contribution is 7.92. The topological polar surface area (TPSA) is 101 Å². The van der Waals surface area contributed by atoms with Crippen LogP contribution in [0.3, 0.4) is 0 Å². The Bertz CT molecular complexity index is 707. The highest BCUT2D eigenvalue weighted by Crippen LogP contribution is 2.21. The number of rotatable bonds is 4. The van der Waals surface area contributed by atoms with Gasteiger partial charge in [0.25, 0.3) is 0 Å². The Morgan fingerprint density at radius 2 is 1.95 bits per heavy atom. The zero-order chi connectivity index (χ0) is 14.0. The van der Waals surface area contributed by atoms with Gasteiger partial charge in [-0.25, -0.2) is 17.9 Å². The second-order valence-electron chi connectivity index (χ2n) is 3.83. The standard InChI is InChI=1S/C11H11N3O4S/c1-19(17,18)13-10-9(11(15)16)7-12-14(10)8-5-3-2-4-6-8/h2-7,13H,1H3,(H,15,16). The number of carbonyl (C=O) groups is 1. The van der Waals surface area contributed by atoms with Crippen molar-refractivity contribution in [3.8, 4) is 5.69 Å². The van der Waals surface area contributed by atoms with Gasteiger partial charge in [-0.15, -0.1) is 0 Å². The fourth-order valence-corrected chi connectivity index (χ4v) is 2.09. The third-order valence-corrected chi connectivity index (χ3v) is 2.85. The predicted molar refractivity (Wildman–Crippen MR) is 69.0 cm³/mol. The Kier molecular flexibility index (Phi) is 3.26. The van der Waals surface area contributed by atoms with Crippen LogP contribution in [0.4, 0.5) is 5.82 Å². The summed E-state index contributed by atoms with van der Waals surface area (Å²) in [5.74, 6) is -1.35. The number of nitrogens with one attached hydrogen (secondary N) is 1. The fraction of sp³-hybridized carbons (Fsp3) is 0.0909. The van der Waals surface area contributed by atoms with Crippen LogP contribution in [0.5, 0.6) is 0 Å². The van der Waals surface area contributed by atoms with Crippen LogP contribution >= 0.6 is 0 Å². The van der Waals surface area contributed by atoms with Gasteiger partial charge in [0.05, 0.1) is 18.1 Å². The van der Waals surface area contributed by atoms with Crippen LogP contribution in [-0.2, 0) is 10.0 Å². The van der Waals surface area contributed by atoms with E-state index in [-0.39, 0.29) is 11.4 Å².